The normalized spacial score (nSPS) is 20.5. The molecule has 1 N–H and O–H groups in total. The fourth-order valence-corrected chi connectivity index (χ4v) is 4.47. The lowest BCUT2D eigenvalue weighted by atomic mass is 9.99. The van der Waals surface area contributed by atoms with Crippen molar-refractivity contribution in [3.8, 4) is 0 Å². The Bertz CT molecular complexity index is 910. The molecule has 3 rings (SSSR count). The summed E-state index contributed by atoms with van der Waals surface area (Å²) in [6.07, 6.45) is 3.46. The summed E-state index contributed by atoms with van der Waals surface area (Å²) in [5, 5.41) is 10.9. The molecule has 0 saturated carbocycles. The van der Waals surface area contributed by atoms with E-state index in [1.165, 1.54) is 0 Å². The summed E-state index contributed by atoms with van der Waals surface area (Å²) in [4.78, 5) is 30.4. The Kier molecular flexibility index (Phi) is 7.06. The Labute approximate surface area is 185 Å². The van der Waals surface area contributed by atoms with Crippen molar-refractivity contribution in [1.82, 2.24) is 14.5 Å². The first-order chi connectivity index (χ1) is 14.2. The SMILES string of the molecule is CC(C)C[C@@H](C(=O)O)N1C(C)OC(=O)[C@@H]1Cc1cncn1Cc1cc(Cl)cc(Cl)c1. The van der Waals surface area contributed by atoms with E-state index in [1.54, 1.807) is 30.4 Å². The Morgan fingerprint density at radius 2 is 1.93 bits per heavy atom. The molecule has 0 spiro atoms. The Hall–Kier alpha value is -2.09. The summed E-state index contributed by atoms with van der Waals surface area (Å²) in [6, 6.07) is 3.80. The van der Waals surface area contributed by atoms with Gasteiger partial charge in [0.05, 0.1) is 6.33 Å². The van der Waals surface area contributed by atoms with Crippen LogP contribution in [-0.4, -0.2) is 49.8 Å². The van der Waals surface area contributed by atoms with Gasteiger partial charge in [-0.3, -0.25) is 9.59 Å². The highest BCUT2D eigenvalue weighted by molar-refractivity contribution is 6.34. The lowest BCUT2D eigenvalue weighted by Gasteiger charge is -2.31. The van der Waals surface area contributed by atoms with Gasteiger partial charge in [-0.2, -0.15) is 0 Å². The number of rotatable bonds is 8. The maximum absolute atomic E-state index is 12.6. The van der Waals surface area contributed by atoms with Crippen LogP contribution in [0.2, 0.25) is 10.0 Å². The van der Waals surface area contributed by atoms with Crippen molar-refractivity contribution in [3.63, 3.8) is 0 Å². The van der Waals surface area contributed by atoms with Crippen LogP contribution in [-0.2, 0) is 27.3 Å². The summed E-state index contributed by atoms with van der Waals surface area (Å²) >= 11 is 12.2. The molecule has 1 aliphatic heterocycles. The van der Waals surface area contributed by atoms with Crippen molar-refractivity contribution in [2.75, 3.05) is 0 Å². The minimum Gasteiger partial charge on any atom is -0.480 e. The number of imidazole rings is 1. The number of hydrogen-bond acceptors (Lipinski definition) is 5. The predicted octanol–water partition coefficient (Wildman–Crippen LogP) is 3.85. The molecule has 1 unspecified atom stereocenters. The van der Waals surface area contributed by atoms with Crippen LogP contribution in [0.4, 0.5) is 0 Å². The molecule has 0 amide bonds. The Balaban J connectivity index is 1.84. The van der Waals surface area contributed by atoms with Crippen molar-refractivity contribution < 1.29 is 19.4 Å². The van der Waals surface area contributed by atoms with E-state index in [4.69, 9.17) is 27.9 Å². The molecule has 1 saturated heterocycles. The zero-order valence-corrected chi connectivity index (χ0v) is 18.6. The number of carbonyl (C=O) groups excluding carboxylic acids is 1. The van der Waals surface area contributed by atoms with E-state index in [0.29, 0.717) is 29.4 Å². The zero-order chi connectivity index (χ0) is 22.0. The smallest absolute Gasteiger partial charge is 0.325 e. The maximum Gasteiger partial charge on any atom is 0.325 e. The molecule has 30 heavy (non-hydrogen) atoms. The number of carboxylic acids is 1. The van der Waals surface area contributed by atoms with Crippen LogP contribution in [0.1, 0.15) is 38.4 Å². The topological polar surface area (TPSA) is 84.7 Å². The van der Waals surface area contributed by atoms with E-state index in [1.807, 2.05) is 30.5 Å². The number of aromatic nitrogens is 2. The monoisotopic (exact) mass is 453 g/mol. The van der Waals surface area contributed by atoms with Gasteiger partial charge >= 0.3 is 11.9 Å². The number of cyclic esters (lactones) is 1. The molecule has 1 aliphatic rings. The van der Waals surface area contributed by atoms with Crippen LogP contribution < -0.4 is 0 Å². The number of ether oxygens (including phenoxy) is 1. The van der Waals surface area contributed by atoms with Gasteiger partial charge < -0.3 is 14.4 Å². The molecular formula is C21H25Cl2N3O4. The van der Waals surface area contributed by atoms with E-state index >= 15 is 0 Å². The quantitative estimate of drug-likeness (QED) is 0.610. The van der Waals surface area contributed by atoms with Crippen molar-refractivity contribution in [2.24, 2.45) is 5.92 Å². The van der Waals surface area contributed by atoms with E-state index < -0.39 is 30.3 Å². The molecule has 3 atom stereocenters. The minimum atomic E-state index is -0.957. The number of esters is 1. The van der Waals surface area contributed by atoms with Gasteiger partial charge in [-0.25, -0.2) is 9.88 Å². The third kappa shape index (κ3) is 5.14. The molecule has 1 aromatic heterocycles. The molecule has 1 fully saturated rings. The van der Waals surface area contributed by atoms with E-state index in [0.717, 1.165) is 11.3 Å². The molecule has 0 bridgehead atoms. The van der Waals surface area contributed by atoms with Crippen molar-refractivity contribution >= 4 is 35.1 Å². The molecule has 2 heterocycles. The number of benzene rings is 1. The Morgan fingerprint density at radius 1 is 1.27 bits per heavy atom. The first-order valence-electron chi connectivity index (χ1n) is 9.80. The van der Waals surface area contributed by atoms with Gasteiger partial charge in [-0.15, -0.1) is 0 Å². The molecular weight excluding hydrogens is 429 g/mol. The summed E-state index contributed by atoms with van der Waals surface area (Å²) in [6.45, 7) is 6.10. The number of carbonyl (C=O) groups is 2. The summed E-state index contributed by atoms with van der Waals surface area (Å²) in [7, 11) is 0. The van der Waals surface area contributed by atoms with Crippen LogP contribution in [0.5, 0.6) is 0 Å². The lowest BCUT2D eigenvalue weighted by molar-refractivity contribution is -0.148. The van der Waals surface area contributed by atoms with E-state index in [2.05, 4.69) is 4.98 Å². The first kappa shape index (κ1) is 22.6. The van der Waals surface area contributed by atoms with Crippen molar-refractivity contribution in [2.45, 2.75) is 58.5 Å². The number of nitrogens with zero attached hydrogens (tertiary/aromatic N) is 3. The van der Waals surface area contributed by atoms with Gasteiger partial charge in [0, 0.05) is 34.9 Å². The van der Waals surface area contributed by atoms with Crippen LogP contribution in [0.3, 0.4) is 0 Å². The second-order valence-electron chi connectivity index (χ2n) is 7.98. The minimum absolute atomic E-state index is 0.160. The van der Waals surface area contributed by atoms with Gasteiger partial charge in [0.1, 0.15) is 12.1 Å². The average molecular weight is 454 g/mol. The van der Waals surface area contributed by atoms with E-state index in [-0.39, 0.29) is 5.92 Å². The highest BCUT2D eigenvalue weighted by Crippen LogP contribution is 2.28. The van der Waals surface area contributed by atoms with Gasteiger partial charge in [0.15, 0.2) is 6.23 Å². The fourth-order valence-electron chi connectivity index (χ4n) is 3.90. The maximum atomic E-state index is 12.6. The van der Waals surface area contributed by atoms with Gasteiger partial charge in [0.25, 0.3) is 0 Å². The standard InChI is InChI=1S/C21H25Cl2N3O4/c1-12(2)4-18(20(27)28)26-13(3)30-21(29)19(26)8-17-9-24-11-25(17)10-14-5-15(22)7-16(23)6-14/h5-7,9,11-13,18-19H,4,8,10H2,1-3H3,(H,27,28)/t13?,18-,19-/m0/s1. The molecule has 2 aromatic rings. The highest BCUT2D eigenvalue weighted by Gasteiger charge is 2.46. The molecule has 9 heteroatoms. The second kappa shape index (κ2) is 9.37. The zero-order valence-electron chi connectivity index (χ0n) is 17.1. The summed E-state index contributed by atoms with van der Waals surface area (Å²) < 4.78 is 7.29. The lowest BCUT2D eigenvalue weighted by Crippen LogP contribution is -2.50. The van der Waals surface area contributed by atoms with Gasteiger partial charge in [0.2, 0.25) is 0 Å². The van der Waals surface area contributed by atoms with Crippen molar-refractivity contribution in [3.05, 3.63) is 52.0 Å². The van der Waals surface area contributed by atoms with Crippen LogP contribution in [0, 0.1) is 5.92 Å². The van der Waals surface area contributed by atoms with Crippen LogP contribution >= 0.6 is 23.2 Å². The Morgan fingerprint density at radius 3 is 2.53 bits per heavy atom. The third-order valence-electron chi connectivity index (χ3n) is 5.15. The van der Waals surface area contributed by atoms with Gasteiger partial charge in [-0.05, 0) is 43.0 Å². The molecule has 7 nitrogen and oxygen atoms in total. The number of halogens is 2. The summed E-state index contributed by atoms with van der Waals surface area (Å²) in [5.41, 5.74) is 1.69. The molecule has 0 radical (unpaired) electrons. The number of aliphatic carboxylic acids is 1. The first-order valence-corrected chi connectivity index (χ1v) is 10.6. The number of hydrogen-bond donors (Lipinski definition) is 1. The van der Waals surface area contributed by atoms with Crippen LogP contribution in [0.15, 0.2) is 30.7 Å². The van der Waals surface area contributed by atoms with Crippen molar-refractivity contribution in [1.29, 1.82) is 0 Å². The largest absolute Gasteiger partial charge is 0.480 e. The molecule has 0 aliphatic carbocycles. The second-order valence-corrected chi connectivity index (χ2v) is 8.85. The molecule has 162 valence electrons. The van der Waals surface area contributed by atoms with Gasteiger partial charge in [-0.1, -0.05) is 37.0 Å². The fraction of sp³-hybridized carbons (Fsp3) is 0.476. The van der Waals surface area contributed by atoms with Crippen LogP contribution in [0.25, 0.3) is 0 Å². The summed E-state index contributed by atoms with van der Waals surface area (Å²) in [5.74, 6) is -1.22. The third-order valence-corrected chi connectivity index (χ3v) is 5.59. The number of carboxylic acid groups (broad SMARTS) is 1. The molecule has 1 aromatic carbocycles. The average Bonchev–Trinajstić information content (AvgIpc) is 3.16. The highest BCUT2D eigenvalue weighted by atomic mass is 35.5. The van der Waals surface area contributed by atoms with E-state index in [9.17, 15) is 14.7 Å². The predicted molar refractivity (Wildman–Crippen MR) is 114 cm³/mol.